The monoisotopic (exact) mass is 229 g/mol. The van der Waals surface area contributed by atoms with Crippen LogP contribution >= 0.6 is 0 Å². The SMILES string of the molecule is CNC(c1c[nH]c2ccccc12)C1(CN)CC1. The molecule has 1 saturated carbocycles. The average Bonchev–Trinajstić information content (AvgIpc) is 3.05. The number of aromatic nitrogens is 1. The summed E-state index contributed by atoms with van der Waals surface area (Å²) in [5.74, 6) is 0. The lowest BCUT2D eigenvalue weighted by atomic mass is 9.90. The highest BCUT2D eigenvalue weighted by molar-refractivity contribution is 5.83. The van der Waals surface area contributed by atoms with Crippen LogP contribution in [0.1, 0.15) is 24.4 Å². The fraction of sp³-hybridized carbons (Fsp3) is 0.429. The average molecular weight is 229 g/mol. The predicted molar refractivity (Wildman–Crippen MR) is 70.8 cm³/mol. The van der Waals surface area contributed by atoms with Crippen molar-refractivity contribution in [3.05, 3.63) is 36.0 Å². The molecule has 4 N–H and O–H groups in total. The molecule has 1 aromatic carbocycles. The first-order valence-corrected chi connectivity index (χ1v) is 6.24. The van der Waals surface area contributed by atoms with Crippen LogP contribution in [0.25, 0.3) is 10.9 Å². The van der Waals surface area contributed by atoms with Gasteiger partial charge in [0.2, 0.25) is 0 Å². The molecule has 0 saturated heterocycles. The number of benzene rings is 1. The van der Waals surface area contributed by atoms with E-state index in [9.17, 15) is 0 Å². The largest absolute Gasteiger partial charge is 0.361 e. The Morgan fingerprint density at radius 3 is 2.82 bits per heavy atom. The van der Waals surface area contributed by atoms with E-state index in [1.807, 2.05) is 7.05 Å². The molecule has 0 aliphatic heterocycles. The van der Waals surface area contributed by atoms with Gasteiger partial charge in [0.25, 0.3) is 0 Å². The maximum atomic E-state index is 5.95. The Morgan fingerprint density at radius 2 is 2.18 bits per heavy atom. The van der Waals surface area contributed by atoms with Crippen LogP contribution in [0.5, 0.6) is 0 Å². The molecule has 0 spiro atoms. The van der Waals surface area contributed by atoms with Crippen LogP contribution in [-0.4, -0.2) is 18.6 Å². The van der Waals surface area contributed by atoms with Crippen LogP contribution < -0.4 is 11.1 Å². The number of rotatable bonds is 4. The third-order valence-electron chi connectivity index (χ3n) is 4.13. The lowest BCUT2D eigenvalue weighted by Crippen LogP contribution is -2.31. The minimum absolute atomic E-state index is 0.277. The van der Waals surface area contributed by atoms with Gasteiger partial charge in [-0.25, -0.2) is 0 Å². The first-order valence-electron chi connectivity index (χ1n) is 6.24. The summed E-state index contributed by atoms with van der Waals surface area (Å²) in [6, 6.07) is 8.82. The molecule has 3 heteroatoms. The summed E-state index contributed by atoms with van der Waals surface area (Å²) in [6.45, 7) is 0.762. The topological polar surface area (TPSA) is 53.8 Å². The van der Waals surface area contributed by atoms with Crippen molar-refractivity contribution in [3.63, 3.8) is 0 Å². The number of nitrogens with one attached hydrogen (secondary N) is 2. The molecule has 17 heavy (non-hydrogen) atoms. The number of hydrogen-bond acceptors (Lipinski definition) is 2. The van der Waals surface area contributed by atoms with Crippen LogP contribution in [0.2, 0.25) is 0 Å². The molecule has 1 aromatic heterocycles. The number of aromatic amines is 1. The third kappa shape index (κ3) is 1.58. The number of fused-ring (bicyclic) bond motifs is 1. The van der Waals surface area contributed by atoms with Crippen LogP contribution in [-0.2, 0) is 0 Å². The summed E-state index contributed by atoms with van der Waals surface area (Å²) in [5.41, 5.74) is 8.78. The third-order valence-corrected chi connectivity index (χ3v) is 4.13. The smallest absolute Gasteiger partial charge is 0.0457 e. The Kier molecular flexibility index (Phi) is 2.45. The first-order chi connectivity index (χ1) is 8.30. The summed E-state index contributed by atoms with van der Waals surface area (Å²) in [5, 5.41) is 4.76. The van der Waals surface area contributed by atoms with Crippen LogP contribution in [0.3, 0.4) is 0 Å². The zero-order valence-electron chi connectivity index (χ0n) is 10.2. The van der Waals surface area contributed by atoms with Gasteiger partial charge in [-0.3, -0.25) is 0 Å². The van der Waals surface area contributed by atoms with Crippen LogP contribution in [0, 0.1) is 5.41 Å². The molecule has 0 radical (unpaired) electrons. The molecule has 2 aromatic rings. The van der Waals surface area contributed by atoms with Crippen molar-refractivity contribution in [2.45, 2.75) is 18.9 Å². The van der Waals surface area contributed by atoms with Crippen LogP contribution in [0.15, 0.2) is 30.5 Å². The molecule has 3 nitrogen and oxygen atoms in total. The van der Waals surface area contributed by atoms with E-state index in [1.165, 1.54) is 29.3 Å². The van der Waals surface area contributed by atoms with Gasteiger partial charge in [-0.05, 0) is 38.1 Å². The van der Waals surface area contributed by atoms with E-state index in [1.54, 1.807) is 0 Å². The summed E-state index contributed by atoms with van der Waals surface area (Å²) < 4.78 is 0. The van der Waals surface area contributed by atoms with E-state index in [2.05, 4.69) is 40.8 Å². The van der Waals surface area contributed by atoms with Gasteiger partial charge in [0.15, 0.2) is 0 Å². The van der Waals surface area contributed by atoms with Gasteiger partial charge in [-0.1, -0.05) is 18.2 Å². The lowest BCUT2D eigenvalue weighted by molar-refractivity contribution is 0.368. The fourth-order valence-electron chi connectivity index (χ4n) is 2.90. The zero-order valence-corrected chi connectivity index (χ0v) is 10.2. The number of H-pyrrole nitrogens is 1. The maximum Gasteiger partial charge on any atom is 0.0457 e. The highest BCUT2D eigenvalue weighted by Gasteiger charge is 2.48. The molecule has 90 valence electrons. The molecule has 0 amide bonds. The summed E-state index contributed by atoms with van der Waals surface area (Å²) in [4.78, 5) is 3.35. The van der Waals surface area contributed by atoms with Crippen LogP contribution in [0.4, 0.5) is 0 Å². The molecule has 1 fully saturated rings. The zero-order chi connectivity index (χ0) is 11.9. The molecule has 1 unspecified atom stereocenters. The van der Waals surface area contributed by atoms with E-state index >= 15 is 0 Å². The molecule has 1 atom stereocenters. The van der Waals surface area contributed by atoms with Gasteiger partial charge in [0.05, 0.1) is 0 Å². The van der Waals surface area contributed by atoms with E-state index in [0.29, 0.717) is 6.04 Å². The Bertz CT molecular complexity index is 525. The number of para-hydroxylation sites is 1. The van der Waals surface area contributed by atoms with Gasteiger partial charge in [0, 0.05) is 28.6 Å². The molecule has 3 rings (SSSR count). The molecule has 1 aliphatic rings. The molecule has 1 aliphatic carbocycles. The highest BCUT2D eigenvalue weighted by Crippen LogP contribution is 2.54. The molecular weight excluding hydrogens is 210 g/mol. The second-order valence-corrected chi connectivity index (χ2v) is 5.08. The van der Waals surface area contributed by atoms with Gasteiger partial charge in [-0.2, -0.15) is 0 Å². The van der Waals surface area contributed by atoms with Crippen molar-refractivity contribution < 1.29 is 0 Å². The van der Waals surface area contributed by atoms with E-state index in [0.717, 1.165) is 6.54 Å². The highest BCUT2D eigenvalue weighted by atomic mass is 14.9. The normalized spacial score (nSPS) is 19.4. The van der Waals surface area contributed by atoms with Crippen molar-refractivity contribution in [1.82, 2.24) is 10.3 Å². The molecular formula is C14H19N3. The second kappa shape index (κ2) is 3.86. The quantitative estimate of drug-likeness (QED) is 0.752. The minimum Gasteiger partial charge on any atom is -0.361 e. The van der Waals surface area contributed by atoms with E-state index in [-0.39, 0.29) is 5.41 Å². The van der Waals surface area contributed by atoms with Gasteiger partial charge in [-0.15, -0.1) is 0 Å². The summed E-state index contributed by atoms with van der Waals surface area (Å²) in [6.07, 6.45) is 4.59. The standard InChI is InChI=1S/C14H19N3/c1-16-13(14(9-15)6-7-14)11-8-17-12-5-3-2-4-10(11)12/h2-5,8,13,16-17H,6-7,9,15H2,1H3. The number of nitrogens with two attached hydrogens (primary N) is 1. The summed E-state index contributed by atoms with van der Waals surface area (Å²) >= 11 is 0. The van der Waals surface area contributed by atoms with Crippen molar-refractivity contribution in [3.8, 4) is 0 Å². The minimum atomic E-state index is 0.277. The predicted octanol–water partition coefficient (Wildman–Crippen LogP) is 2.17. The Labute approximate surface area is 101 Å². The number of hydrogen-bond donors (Lipinski definition) is 3. The van der Waals surface area contributed by atoms with Crippen molar-refractivity contribution in [1.29, 1.82) is 0 Å². The Balaban J connectivity index is 2.07. The lowest BCUT2D eigenvalue weighted by Gasteiger charge is -2.25. The van der Waals surface area contributed by atoms with E-state index < -0.39 is 0 Å². The van der Waals surface area contributed by atoms with Gasteiger partial charge in [0.1, 0.15) is 0 Å². The van der Waals surface area contributed by atoms with Crippen molar-refractivity contribution in [2.75, 3.05) is 13.6 Å². The summed E-state index contributed by atoms with van der Waals surface area (Å²) in [7, 11) is 2.03. The molecule has 0 bridgehead atoms. The van der Waals surface area contributed by atoms with E-state index in [4.69, 9.17) is 5.73 Å². The van der Waals surface area contributed by atoms with Gasteiger partial charge >= 0.3 is 0 Å². The van der Waals surface area contributed by atoms with Crippen molar-refractivity contribution >= 4 is 10.9 Å². The Morgan fingerprint density at radius 1 is 1.41 bits per heavy atom. The van der Waals surface area contributed by atoms with Crippen molar-refractivity contribution in [2.24, 2.45) is 11.1 Å². The second-order valence-electron chi connectivity index (χ2n) is 5.08. The Hall–Kier alpha value is -1.32. The van der Waals surface area contributed by atoms with Gasteiger partial charge < -0.3 is 16.0 Å². The first kappa shape index (κ1) is 10.8. The maximum absolute atomic E-state index is 5.95. The fourth-order valence-corrected chi connectivity index (χ4v) is 2.90. The molecule has 1 heterocycles.